The van der Waals surface area contributed by atoms with Gasteiger partial charge in [0, 0.05) is 6.54 Å². The van der Waals surface area contributed by atoms with E-state index in [0.717, 1.165) is 15.4 Å². The van der Waals surface area contributed by atoms with Crippen LogP contribution in [0.5, 0.6) is 5.75 Å². The molecule has 3 aromatic rings. The van der Waals surface area contributed by atoms with E-state index >= 15 is 0 Å². The fourth-order valence-corrected chi connectivity index (χ4v) is 5.18. The number of sulfonamides is 1. The van der Waals surface area contributed by atoms with Gasteiger partial charge in [-0.3, -0.25) is 4.79 Å². The number of hydrogen-bond donors (Lipinski definition) is 1. The van der Waals surface area contributed by atoms with Gasteiger partial charge in [0.05, 0.1) is 29.1 Å². The molecular formula is C25H27ClN2O4S. The first-order valence-electron chi connectivity index (χ1n) is 10.7. The lowest BCUT2D eigenvalue weighted by molar-refractivity contribution is -0.121. The van der Waals surface area contributed by atoms with E-state index in [4.69, 9.17) is 16.3 Å². The van der Waals surface area contributed by atoms with Crippen LogP contribution in [0.2, 0.25) is 5.02 Å². The Labute approximate surface area is 200 Å². The molecule has 0 aliphatic carbocycles. The summed E-state index contributed by atoms with van der Waals surface area (Å²) in [4.78, 5) is 13.0. The summed E-state index contributed by atoms with van der Waals surface area (Å²) >= 11 is 6.19. The van der Waals surface area contributed by atoms with Gasteiger partial charge in [-0.25, -0.2) is 8.42 Å². The van der Waals surface area contributed by atoms with Crippen molar-refractivity contribution in [3.8, 4) is 5.75 Å². The van der Waals surface area contributed by atoms with Crippen LogP contribution >= 0.6 is 11.6 Å². The Bertz CT molecular complexity index is 1130. The average Bonchev–Trinajstić information content (AvgIpc) is 2.83. The molecule has 0 fully saturated rings. The number of rotatable bonds is 10. The topological polar surface area (TPSA) is 75.7 Å². The lowest BCUT2D eigenvalue weighted by Crippen LogP contribution is -2.42. The van der Waals surface area contributed by atoms with Crippen LogP contribution in [0.3, 0.4) is 0 Å². The van der Waals surface area contributed by atoms with Crippen molar-refractivity contribution in [1.82, 2.24) is 9.62 Å². The summed E-state index contributed by atoms with van der Waals surface area (Å²) in [7, 11) is -3.93. The number of likely N-dealkylation sites (N-methyl/N-ethyl adjacent to an activating group) is 1. The summed E-state index contributed by atoms with van der Waals surface area (Å²) in [5, 5.41) is 3.18. The zero-order valence-corrected chi connectivity index (χ0v) is 20.1. The first-order valence-corrected chi connectivity index (χ1v) is 12.5. The Morgan fingerprint density at radius 3 is 2.03 bits per heavy atom. The molecule has 174 valence electrons. The fraction of sp³-hybridized carbons (Fsp3) is 0.240. The Hall–Kier alpha value is -2.87. The third kappa shape index (κ3) is 6.13. The first kappa shape index (κ1) is 24.8. The molecule has 0 spiro atoms. The molecule has 0 saturated carbocycles. The average molecular weight is 487 g/mol. The highest BCUT2D eigenvalue weighted by atomic mass is 35.5. The van der Waals surface area contributed by atoms with E-state index in [0.29, 0.717) is 12.4 Å². The molecule has 6 nitrogen and oxygen atoms in total. The van der Waals surface area contributed by atoms with E-state index in [-0.39, 0.29) is 23.0 Å². The minimum Gasteiger partial charge on any atom is -0.492 e. The predicted molar refractivity (Wildman–Crippen MR) is 130 cm³/mol. The van der Waals surface area contributed by atoms with E-state index < -0.39 is 22.0 Å². The molecule has 0 aromatic heterocycles. The molecular weight excluding hydrogens is 460 g/mol. The maximum atomic E-state index is 13.2. The molecule has 1 N–H and O–H groups in total. The Morgan fingerprint density at radius 2 is 1.55 bits per heavy atom. The van der Waals surface area contributed by atoms with Crippen molar-refractivity contribution in [3.63, 3.8) is 0 Å². The number of amides is 1. The number of carbonyl (C=O) groups is 1. The minimum atomic E-state index is -3.93. The van der Waals surface area contributed by atoms with E-state index in [1.165, 1.54) is 18.2 Å². The summed E-state index contributed by atoms with van der Waals surface area (Å²) in [6.45, 7) is 3.72. The van der Waals surface area contributed by atoms with Crippen LogP contribution in [-0.2, 0) is 14.8 Å². The second-order valence-electron chi connectivity index (χ2n) is 7.28. The number of hydrogen-bond acceptors (Lipinski definition) is 4. The molecule has 0 radical (unpaired) electrons. The molecule has 0 aliphatic rings. The highest BCUT2D eigenvalue weighted by Gasteiger charge is 2.27. The van der Waals surface area contributed by atoms with Gasteiger partial charge in [-0.15, -0.1) is 0 Å². The van der Waals surface area contributed by atoms with Gasteiger partial charge in [-0.1, -0.05) is 79.2 Å². The highest BCUT2D eigenvalue weighted by molar-refractivity contribution is 7.89. The van der Waals surface area contributed by atoms with Crippen molar-refractivity contribution < 1.29 is 17.9 Å². The summed E-state index contributed by atoms with van der Waals surface area (Å²) in [5.74, 6) is 0.00244. The summed E-state index contributed by atoms with van der Waals surface area (Å²) in [5.41, 5.74) is 1.81. The van der Waals surface area contributed by atoms with Crippen LogP contribution in [0, 0.1) is 0 Å². The van der Waals surface area contributed by atoms with Crippen LogP contribution in [0.25, 0.3) is 0 Å². The molecule has 3 rings (SSSR count). The van der Waals surface area contributed by atoms with Crippen molar-refractivity contribution in [2.45, 2.75) is 24.8 Å². The maximum absolute atomic E-state index is 13.2. The third-order valence-corrected chi connectivity index (χ3v) is 7.30. The molecule has 33 heavy (non-hydrogen) atoms. The highest BCUT2D eigenvalue weighted by Crippen LogP contribution is 2.29. The number of nitrogens with zero attached hydrogens (tertiary/aromatic N) is 1. The Morgan fingerprint density at radius 1 is 0.970 bits per heavy atom. The second kappa shape index (κ2) is 11.3. The van der Waals surface area contributed by atoms with Gasteiger partial charge in [0.25, 0.3) is 0 Å². The number of benzene rings is 3. The van der Waals surface area contributed by atoms with E-state index in [1.54, 1.807) is 6.92 Å². The van der Waals surface area contributed by atoms with Crippen molar-refractivity contribution in [1.29, 1.82) is 0 Å². The quantitative estimate of drug-likeness (QED) is 0.452. The van der Waals surface area contributed by atoms with E-state index in [1.807, 2.05) is 67.6 Å². The molecule has 0 atom stereocenters. The monoisotopic (exact) mass is 486 g/mol. The van der Waals surface area contributed by atoms with Crippen molar-refractivity contribution in [3.05, 3.63) is 95.0 Å². The smallest absolute Gasteiger partial charge is 0.243 e. The molecule has 0 unspecified atom stereocenters. The molecule has 1 amide bonds. The van der Waals surface area contributed by atoms with Gasteiger partial charge in [0.15, 0.2) is 0 Å². The molecule has 0 heterocycles. The predicted octanol–water partition coefficient (Wildman–Crippen LogP) is 4.66. The zero-order valence-electron chi connectivity index (χ0n) is 18.6. The third-order valence-electron chi connectivity index (χ3n) is 5.08. The lowest BCUT2D eigenvalue weighted by atomic mass is 9.99. The van der Waals surface area contributed by atoms with Crippen LogP contribution in [0.4, 0.5) is 0 Å². The summed E-state index contributed by atoms with van der Waals surface area (Å²) in [6.07, 6.45) is 0. The van der Waals surface area contributed by atoms with E-state index in [9.17, 15) is 13.2 Å². The minimum absolute atomic E-state index is 0.00766. The maximum Gasteiger partial charge on any atom is 0.243 e. The fourth-order valence-electron chi connectivity index (χ4n) is 3.45. The van der Waals surface area contributed by atoms with Gasteiger partial charge in [0.2, 0.25) is 15.9 Å². The summed E-state index contributed by atoms with van der Waals surface area (Å²) in [6, 6.07) is 23.0. The number of halogens is 1. The largest absolute Gasteiger partial charge is 0.492 e. The Kier molecular flexibility index (Phi) is 8.49. The molecule has 0 aliphatic heterocycles. The number of ether oxygens (including phenoxy) is 1. The van der Waals surface area contributed by atoms with Crippen molar-refractivity contribution in [2.24, 2.45) is 0 Å². The van der Waals surface area contributed by atoms with Gasteiger partial charge in [-0.05, 0) is 36.2 Å². The van der Waals surface area contributed by atoms with Crippen LogP contribution in [-0.4, -0.2) is 38.3 Å². The standard InChI is InChI=1S/C25H27ClN2O4S/c1-3-28(33(30,31)21-15-16-23(32-4-2)22(26)17-21)18-24(29)27-25(19-11-7-5-8-12-19)20-13-9-6-10-14-20/h5-17,25H,3-4,18H2,1-2H3,(H,27,29). The van der Waals surface area contributed by atoms with E-state index in [2.05, 4.69) is 5.32 Å². The van der Waals surface area contributed by atoms with Crippen molar-refractivity contribution in [2.75, 3.05) is 19.7 Å². The molecule has 0 saturated heterocycles. The zero-order chi connectivity index (χ0) is 23.8. The lowest BCUT2D eigenvalue weighted by Gasteiger charge is -2.24. The molecule has 8 heteroatoms. The van der Waals surface area contributed by atoms with Gasteiger partial charge in [-0.2, -0.15) is 4.31 Å². The van der Waals surface area contributed by atoms with Crippen LogP contribution < -0.4 is 10.1 Å². The van der Waals surface area contributed by atoms with Crippen LogP contribution in [0.1, 0.15) is 31.0 Å². The molecule has 3 aromatic carbocycles. The van der Waals surface area contributed by atoms with Gasteiger partial charge >= 0.3 is 0 Å². The normalized spacial score (nSPS) is 11.5. The van der Waals surface area contributed by atoms with Crippen LogP contribution in [0.15, 0.2) is 83.8 Å². The SMILES string of the molecule is CCOc1ccc(S(=O)(=O)N(CC)CC(=O)NC(c2ccccc2)c2ccccc2)cc1Cl. The molecule has 0 bridgehead atoms. The first-order chi connectivity index (χ1) is 15.9. The van der Waals surface area contributed by atoms with Gasteiger partial charge in [0.1, 0.15) is 5.75 Å². The number of nitrogens with one attached hydrogen (secondary N) is 1. The van der Waals surface area contributed by atoms with Crippen molar-refractivity contribution >= 4 is 27.5 Å². The van der Waals surface area contributed by atoms with Gasteiger partial charge < -0.3 is 10.1 Å². The number of carbonyl (C=O) groups excluding carboxylic acids is 1. The Balaban J connectivity index is 1.81. The second-order valence-corrected chi connectivity index (χ2v) is 9.62. The summed E-state index contributed by atoms with van der Waals surface area (Å²) < 4.78 is 32.9.